The molecular weight excluding hydrogens is 420 g/mol. The Balaban J connectivity index is 1.38. The molecule has 166 valence electrons. The normalized spacial score (nSPS) is 14.7. The number of hydrogen-bond acceptors (Lipinski definition) is 3. The molecule has 0 N–H and O–H groups in total. The molecule has 4 aromatic rings. The van der Waals surface area contributed by atoms with E-state index in [0.717, 1.165) is 22.0 Å². The van der Waals surface area contributed by atoms with Crippen LogP contribution >= 0.6 is 0 Å². The van der Waals surface area contributed by atoms with Crippen LogP contribution in [-0.2, 0) is 0 Å². The van der Waals surface area contributed by atoms with Gasteiger partial charge in [-0.1, -0.05) is 42.5 Å². The molecule has 1 fully saturated rings. The lowest BCUT2D eigenvalue weighted by Gasteiger charge is -2.40. The number of amides is 1. The number of para-hydroxylation sites is 1. The molecule has 1 aromatic heterocycles. The highest BCUT2D eigenvalue weighted by Crippen LogP contribution is 2.30. The summed E-state index contributed by atoms with van der Waals surface area (Å²) in [6, 6.07) is 22.1. The number of aromatic nitrogens is 1. The molecule has 0 atom stereocenters. The molecule has 2 heterocycles. The molecule has 0 unspecified atom stereocenters. The van der Waals surface area contributed by atoms with Gasteiger partial charge in [0.05, 0.1) is 17.1 Å². The number of benzene rings is 3. The monoisotopic (exact) mass is 443 g/mol. The molecule has 33 heavy (non-hydrogen) atoms. The van der Waals surface area contributed by atoms with E-state index < -0.39 is 0 Å². The molecule has 0 saturated carbocycles. The van der Waals surface area contributed by atoms with Crippen molar-refractivity contribution in [1.29, 1.82) is 0 Å². The third-order valence-electron chi connectivity index (χ3n) is 6.22. The third kappa shape index (κ3) is 4.34. The van der Waals surface area contributed by atoms with Crippen LogP contribution in [0.25, 0.3) is 10.9 Å². The van der Waals surface area contributed by atoms with Crippen molar-refractivity contribution in [2.75, 3.05) is 26.2 Å². The van der Waals surface area contributed by atoms with Crippen molar-refractivity contribution in [2.24, 2.45) is 0 Å². The molecule has 1 aliphatic rings. The van der Waals surface area contributed by atoms with Gasteiger partial charge in [0.2, 0.25) is 0 Å². The first kappa shape index (κ1) is 21.2. The molecule has 0 radical (unpaired) electrons. The Morgan fingerprint density at radius 3 is 1.94 bits per heavy atom. The van der Waals surface area contributed by atoms with Gasteiger partial charge in [-0.05, 0) is 47.5 Å². The zero-order valence-electron chi connectivity index (χ0n) is 18.0. The zero-order valence-corrected chi connectivity index (χ0v) is 18.0. The van der Waals surface area contributed by atoms with Crippen LogP contribution in [0, 0.1) is 11.6 Å². The summed E-state index contributed by atoms with van der Waals surface area (Å²) >= 11 is 0. The average Bonchev–Trinajstić information content (AvgIpc) is 2.86. The van der Waals surface area contributed by atoms with Crippen molar-refractivity contribution in [3.05, 3.63) is 113 Å². The second-order valence-electron chi connectivity index (χ2n) is 8.21. The van der Waals surface area contributed by atoms with Crippen LogP contribution in [0.5, 0.6) is 0 Å². The number of hydrogen-bond donors (Lipinski definition) is 0. The molecule has 1 saturated heterocycles. The summed E-state index contributed by atoms with van der Waals surface area (Å²) < 4.78 is 27.1. The van der Waals surface area contributed by atoms with Crippen LogP contribution in [0.4, 0.5) is 8.78 Å². The van der Waals surface area contributed by atoms with Crippen molar-refractivity contribution in [3.8, 4) is 0 Å². The Morgan fingerprint density at radius 1 is 0.758 bits per heavy atom. The van der Waals surface area contributed by atoms with Gasteiger partial charge < -0.3 is 4.90 Å². The largest absolute Gasteiger partial charge is 0.336 e. The smallest absolute Gasteiger partial charge is 0.254 e. The maximum Gasteiger partial charge on any atom is 0.254 e. The van der Waals surface area contributed by atoms with E-state index in [1.165, 1.54) is 24.3 Å². The molecule has 5 rings (SSSR count). The van der Waals surface area contributed by atoms with E-state index in [-0.39, 0.29) is 23.6 Å². The number of carbonyl (C=O) groups excluding carboxylic acids is 1. The van der Waals surface area contributed by atoms with E-state index in [1.807, 2.05) is 29.2 Å². The predicted octanol–water partition coefficient (Wildman–Crippen LogP) is 5.06. The highest BCUT2D eigenvalue weighted by Gasteiger charge is 2.29. The quantitative estimate of drug-likeness (QED) is 0.442. The lowest BCUT2D eigenvalue weighted by atomic mass is 9.96. The second-order valence-corrected chi connectivity index (χ2v) is 8.21. The molecule has 0 aliphatic carbocycles. The van der Waals surface area contributed by atoms with E-state index in [4.69, 9.17) is 0 Å². The molecule has 4 nitrogen and oxygen atoms in total. The van der Waals surface area contributed by atoms with Crippen molar-refractivity contribution in [3.63, 3.8) is 0 Å². The van der Waals surface area contributed by atoms with Crippen LogP contribution in [0.1, 0.15) is 27.5 Å². The summed E-state index contributed by atoms with van der Waals surface area (Å²) in [7, 11) is 0. The second kappa shape index (κ2) is 9.08. The molecule has 0 spiro atoms. The number of carbonyl (C=O) groups is 1. The average molecular weight is 443 g/mol. The minimum atomic E-state index is -0.295. The number of piperazine rings is 1. The zero-order chi connectivity index (χ0) is 22.8. The summed E-state index contributed by atoms with van der Waals surface area (Å²) in [5.41, 5.74) is 3.32. The molecule has 0 bridgehead atoms. The van der Waals surface area contributed by atoms with E-state index >= 15 is 0 Å². The fraction of sp³-hybridized carbons (Fsp3) is 0.185. The van der Waals surface area contributed by atoms with Crippen LogP contribution in [0.2, 0.25) is 0 Å². The summed E-state index contributed by atoms with van der Waals surface area (Å²) in [5.74, 6) is -0.596. The molecule has 1 amide bonds. The maximum atomic E-state index is 13.5. The summed E-state index contributed by atoms with van der Waals surface area (Å²) in [6.45, 7) is 2.42. The van der Waals surface area contributed by atoms with E-state index in [0.29, 0.717) is 31.7 Å². The van der Waals surface area contributed by atoms with Crippen LogP contribution in [0.15, 0.2) is 85.1 Å². The van der Waals surface area contributed by atoms with Gasteiger partial charge in [-0.15, -0.1) is 0 Å². The summed E-state index contributed by atoms with van der Waals surface area (Å²) in [5, 5.41) is 0.850. The number of halogens is 2. The Hall–Kier alpha value is -3.64. The molecular formula is C27H23F2N3O. The Morgan fingerprint density at radius 2 is 1.33 bits per heavy atom. The fourth-order valence-electron chi connectivity index (χ4n) is 4.54. The van der Waals surface area contributed by atoms with E-state index in [1.54, 1.807) is 36.5 Å². The number of fused-ring (bicyclic) bond motifs is 1. The standard InChI is InChI=1S/C27H23F2N3O/c28-21-9-5-19(6-10-21)26(20-7-11-22(29)12-8-20)31-15-17-32(18-16-31)27(33)24-13-14-30-25-4-2-1-3-23(24)25/h1-14,26H,15-18H2. The minimum absolute atomic E-state index is 0.00614. The SMILES string of the molecule is O=C(c1ccnc2ccccc12)N1CCN(C(c2ccc(F)cc2)c2ccc(F)cc2)CC1. The van der Waals surface area contributed by atoms with Gasteiger partial charge in [-0.3, -0.25) is 14.7 Å². The highest BCUT2D eigenvalue weighted by molar-refractivity contribution is 6.06. The number of pyridine rings is 1. The lowest BCUT2D eigenvalue weighted by molar-refractivity contribution is 0.0599. The molecule has 3 aromatic carbocycles. The van der Waals surface area contributed by atoms with Crippen molar-refractivity contribution in [1.82, 2.24) is 14.8 Å². The van der Waals surface area contributed by atoms with Crippen LogP contribution in [-0.4, -0.2) is 46.9 Å². The van der Waals surface area contributed by atoms with Crippen molar-refractivity contribution >= 4 is 16.8 Å². The molecule has 6 heteroatoms. The predicted molar refractivity (Wildman–Crippen MR) is 124 cm³/mol. The van der Waals surface area contributed by atoms with Gasteiger partial charge in [0, 0.05) is 37.8 Å². The highest BCUT2D eigenvalue weighted by atomic mass is 19.1. The van der Waals surface area contributed by atoms with E-state index in [9.17, 15) is 13.6 Å². The lowest BCUT2D eigenvalue weighted by Crippen LogP contribution is -2.49. The van der Waals surface area contributed by atoms with Gasteiger partial charge in [0.1, 0.15) is 11.6 Å². The van der Waals surface area contributed by atoms with Gasteiger partial charge in [0.15, 0.2) is 0 Å². The van der Waals surface area contributed by atoms with E-state index in [2.05, 4.69) is 9.88 Å². The van der Waals surface area contributed by atoms with Crippen molar-refractivity contribution in [2.45, 2.75) is 6.04 Å². The maximum absolute atomic E-state index is 13.5. The summed E-state index contributed by atoms with van der Waals surface area (Å²) in [4.78, 5) is 21.8. The molecule has 1 aliphatic heterocycles. The first-order valence-corrected chi connectivity index (χ1v) is 11.0. The number of rotatable bonds is 4. The van der Waals surface area contributed by atoms with Crippen LogP contribution < -0.4 is 0 Å². The summed E-state index contributed by atoms with van der Waals surface area (Å²) in [6.07, 6.45) is 1.67. The topological polar surface area (TPSA) is 36.4 Å². The minimum Gasteiger partial charge on any atom is -0.336 e. The van der Waals surface area contributed by atoms with Crippen LogP contribution in [0.3, 0.4) is 0 Å². The third-order valence-corrected chi connectivity index (χ3v) is 6.22. The first-order valence-electron chi connectivity index (χ1n) is 11.0. The fourth-order valence-corrected chi connectivity index (χ4v) is 4.54. The van der Waals surface area contributed by atoms with Gasteiger partial charge >= 0.3 is 0 Å². The van der Waals surface area contributed by atoms with Gasteiger partial charge in [-0.2, -0.15) is 0 Å². The Bertz CT molecular complexity index is 1220. The van der Waals surface area contributed by atoms with Gasteiger partial charge in [0.25, 0.3) is 5.91 Å². The van der Waals surface area contributed by atoms with Crippen molar-refractivity contribution < 1.29 is 13.6 Å². The first-order chi connectivity index (χ1) is 16.1. The Labute approximate surface area is 191 Å². The number of nitrogens with zero attached hydrogens (tertiary/aromatic N) is 3. The Kier molecular flexibility index (Phi) is 5.84. The van der Waals surface area contributed by atoms with Gasteiger partial charge in [-0.25, -0.2) is 8.78 Å².